The summed E-state index contributed by atoms with van der Waals surface area (Å²) in [6.07, 6.45) is 5.45. The molecule has 1 aromatic heterocycles. The van der Waals surface area contributed by atoms with Crippen molar-refractivity contribution in [1.29, 1.82) is 0 Å². The topological polar surface area (TPSA) is 85.5 Å². The Morgan fingerprint density at radius 3 is 2.62 bits per heavy atom. The SMILES string of the molecule is CCc1ccc2cc(N3CCC(c4ccc(N(C)C(CCC=O)C(=O)NC)c5c(C=O)cccc45)CC3)[nH]c2c1. The number of amides is 1. The van der Waals surface area contributed by atoms with Crippen LogP contribution in [0.5, 0.6) is 0 Å². The summed E-state index contributed by atoms with van der Waals surface area (Å²) < 4.78 is 0. The summed E-state index contributed by atoms with van der Waals surface area (Å²) in [7, 11) is 3.47. The van der Waals surface area contributed by atoms with Crippen LogP contribution in [0.4, 0.5) is 11.5 Å². The lowest BCUT2D eigenvalue weighted by Crippen LogP contribution is -2.44. The second-order valence-electron chi connectivity index (χ2n) is 10.7. The predicted molar refractivity (Wildman–Crippen MR) is 163 cm³/mol. The summed E-state index contributed by atoms with van der Waals surface area (Å²) in [6.45, 7) is 4.06. The molecule has 0 saturated carbocycles. The minimum atomic E-state index is -0.517. The molecule has 1 saturated heterocycles. The maximum absolute atomic E-state index is 12.7. The number of aldehydes is 2. The first kappa shape index (κ1) is 27.4. The maximum Gasteiger partial charge on any atom is 0.242 e. The molecule has 40 heavy (non-hydrogen) atoms. The number of nitrogens with one attached hydrogen (secondary N) is 2. The zero-order valence-corrected chi connectivity index (χ0v) is 23.6. The third-order valence-electron chi connectivity index (χ3n) is 8.52. The van der Waals surface area contributed by atoms with Gasteiger partial charge in [-0.3, -0.25) is 9.59 Å². The van der Waals surface area contributed by atoms with E-state index >= 15 is 0 Å². The van der Waals surface area contributed by atoms with Crippen LogP contribution in [0.1, 0.15) is 60.0 Å². The molecular formula is C33H38N4O3. The minimum Gasteiger partial charge on any atom is -0.362 e. The molecule has 1 fully saturated rings. The lowest BCUT2D eigenvalue weighted by atomic mass is 9.85. The third kappa shape index (κ3) is 5.20. The monoisotopic (exact) mass is 538 g/mol. The van der Waals surface area contributed by atoms with Gasteiger partial charge in [0.25, 0.3) is 0 Å². The van der Waals surface area contributed by atoms with Crippen molar-refractivity contribution in [2.75, 3.05) is 37.0 Å². The quantitative estimate of drug-likeness (QED) is 0.256. The molecule has 0 bridgehead atoms. The highest BCUT2D eigenvalue weighted by Crippen LogP contribution is 2.39. The molecule has 5 rings (SSSR count). The van der Waals surface area contributed by atoms with Crippen molar-refractivity contribution in [1.82, 2.24) is 10.3 Å². The first-order chi connectivity index (χ1) is 19.5. The first-order valence-electron chi connectivity index (χ1n) is 14.2. The number of rotatable bonds is 10. The van der Waals surface area contributed by atoms with E-state index < -0.39 is 6.04 Å². The number of carbonyl (C=O) groups is 3. The fourth-order valence-corrected chi connectivity index (χ4v) is 6.23. The van der Waals surface area contributed by atoms with E-state index in [1.54, 1.807) is 7.05 Å². The Balaban J connectivity index is 1.43. The Labute approximate surface area is 235 Å². The number of likely N-dealkylation sites (N-methyl/N-ethyl adjacent to an activating group) is 2. The van der Waals surface area contributed by atoms with Crippen LogP contribution in [0.15, 0.2) is 54.6 Å². The van der Waals surface area contributed by atoms with Gasteiger partial charge in [-0.1, -0.05) is 43.3 Å². The molecule has 208 valence electrons. The van der Waals surface area contributed by atoms with Crippen LogP contribution in [-0.4, -0.2) is 56.7 Å². The van der Waals surface area contributed by atoms with Gasteiger partial charge in [0, 0.05) is 61.1 Å². The fraction of sp³-hybridized carbons (Fsp3) is 0.364. The van der Waals surface area contributed by atoms with Crippen molar-refractivity contribution in [3.05, 3.63) is 71.3 Å². The number of aryl methyl sites for hydroxylation is 1. The number of benzene rings is 3. The van der Waals surface area contributed by atoms with Gasteiger partial charge in [0.05, 0.1) is 0 Å². The summed E-state index contributed by atoms with van der Waals surface area (Å²) in [5, 5.41) is 5.88. The molecule has 1 aliphatic heterocycles. The number of carbonyl (C=O) groups excluding carboxylic acids is 3. The smallest absolute Gasteiger partial charge is 0.242 e. The molecule has 4 aromatic rings. The molecule has 1 aliphatic rings. The third-order valence-corrected chi connectivity index (χ3v) is 8.52. The molecule has 0 spiro atoms. The Morgan fingerprint density at radius 2 is 1.93 bits per heavy atom. The lowest BCUT2D eigenvalue weighted by Gasteiger charge is -2.34. The number of hydrogen-bond donors (Lipinski definition) is 2. The molecule has 0 aliphatic carbocycles. The Morgan fingerprint density at radius 1 is 1.12 bits per heavy atom. The van der Waals surface area contributed by atoms with E-state index in [4.69, 9.17) is 0 Å². The van der Waals surface area contributed by atoms with Gasteiger partial charge in [-0.2, -0.15) is 0 Å². The second kappa shape index (κ2) is 11.9. The predicted octanol–water partition coefficient (Wildman–Crippen LogP) is 5.61. The second-order valence-corrected chi connectivity index (χ2v) is 10.7. The fourth-order valence-electron chi connectivity index (χ4n) is 6.23. The van der Waals surface area contributed by atoms with Crippen LogP contribution in [0.2, 0.25) is 0 Å². The van der Waals surface area contributed by atoms with Gasteiger partial charge in [-0.25, -0.2) is 0 Å². The Bertz CT molecular complexity index is 1530. The van der Waals surface area contributed by atoms with Gasteiger partial charge in [-0.05, 0) is 66.3 Å². The van der Waals surface area contributed by atoms with Gasteiger partial charge in [0.15, 0.2) is 6.29 Å². The molecule has 0 radical (unpaired) electrons. The van der Waals surface area contributed by atoms with Crippen molar-refractivity contribution in [3.63, 3.8) is 0 Å². The molecule has 7 heteroatoms. The Kier molecular flexibility index (Phi) is 8.19. The van der Waals surface area contributed by atoms with Crippen molar-refractivity contribution in [2.24, 2.45) is 0 Å². The van der Waals surface area contributed by atoms with Crippen molar-refractivity contribution >= 4 is 51.7 Å². The van der Waals surface area contributed by atoms with E-state index in [9.17, 15) is 14.4 Å². The highest BCUT2D eigenvalue weighted by Gasteiger charge is 2.27. The zero-order chi connectivity index (χ0) is 28.2. The highest BCUT2D eigenvalue weighted by molar-refractivity contribution is 6.07. The van der Waals surface area contributed by atoms with Gasteiger partial charge in [0.2, 0.25) is 5.91 Å². The highest BCUT2D eigenvalue weighted by atomic mass is 16.2. The Hall–Kier alpha value is -4.13. The van der Waals surface area contributed by atoms with Gasteiger partial charge >= 0.3 is 0 Å². The minimum absolute atomic E-state index is 0.152. The van der Waals surface area contributed by atoms with Crippen LogP contribution < -0.4 is 15.1 Å². The standard InChI is InChI=1S/C33H38N4O3/c1-4-22-10-11-24-20-31(35-28(24)19-22)37-16-14-23(15-17-37)26-12-13-29(32-25(21-39)7-5-8-27(26)32)36(3)30(9-6-18-38)33(40)34-2/h5,7-8,10-13,18-21,23,30,35H,4,6,9,14-17H2,1-3H3,(H,34,40). The summed E-state index contributed by atoms with van der Waals surface area (Å²) in [6, 6.07) is 18.4. The summed E-state index contributed by atoms with van der Waals surface area (Å²) >= 11 is 0. The van der Waals surface area contributed by atoms with E-state index in [0.717, 1.165) is 61.4 Å². The number of nitrogens with zero attached hydrogens (tertiary/aromatic N) is 2. The molecule has 1 amide bonds. The number of aromatic nitrogens is 1. The number of fused-ring (bicyclic) bond motifs is 2. The van der Waals surface area contributed by atoms with Gasteiger partial charge in [0.1, 0.15) is 18.1 Å². The van der Waals surface area contributed by atoms with E-state index in [-0.39, 0.29) is 12.3 Å². The van der Waals surface area contributed by atoms with E-state index in [1.807, 2.05) is 30.1 Å². The van der Waals surface area contributed by atoms with Crippen LogP contribution in [0.25, 0.3) is 21.7 Å². The van der Waals surface area contributed by atoms with Crippen molar-refractivity contribution in [2.45, 2.75) is 51.0 Å². The van der Waals surface area contributed by atoms with Crippen LogP contribution >= 0.6 is 0 Å². The molecule has 3 aromatic carbocycles. The summed E-state index contributed by atoms with van der Waals surface area (Å²) in [5.74, 6) is 1.38. The maximum atomic E-state index is 12.7. The average Bonchev–Trinajstić information content (AvgIpc) is 3.43. The molecule has 2 heterocycles. The number of aromatic amines is 1. The number of piperidine rings is 1. The van der Waals surface area contributed by atoms with Crippen molar-refractivity contribution in [3.8, 4) is 0 Å². The van der Waals surface area contributed by atoms with Crippen LogP contribution in [0, 0.1) is 0 Å². The summed E-state index contributed by atoms with van der Waals surface area (Å²) in [4.78, 5) is 44.0. The van der Waals surface area contributed by atoms with Crippen LogP contribution in [0.3, 0.4) is 0 Å². The molecular weight excluding hydrogens is 500 g/mol. The van der Waals surface area contributed by atoms with Gasteiger partial charge < -0.3 is 24.9 Å². The average molecular weight is 539 g/mol. The largest absolute Gasteiger partial charge is 0.362 e. The first-order valence-corrected chi connectivity index (χ1v) is 14.2. The molecule has 1 unspecified atom stereocenters. The van der Waals surface area contributed by atoms with E-state index in [2.05, 4.69) is 58.5 Å². The zero-order valence-electron chi connectivity index (χ0n) is 23.6. The number of H-pyrrole nitrogens is 1. The van der Waals surface area contributed by atoms with Crippen molar-refractivity contribution < 1.29 is 14.4 Å². The lowest BCUT2D eigenvalue weighted by molar-refractivity contribution is -0.122. The normalized spacial score (nSPS) is 14.8. The molecule has 2 N–H and O–H groups in total. The van der Waals surface area contributed by atoms with E-state index in [0.29, 0.717) is 17.9 Å². The summed E-state index contributed by atoms with van der Waals surface area (Å²) in [5.41, 5.74) is 5.19. The molecule has 1 atom stereocenters. The van der Waals surface area contributed by atoms with Crippen LogP contribution in [-0.2, 0) is 16.0 Å². The van der Waals surface area contributed by atoms with Gasteiger partial charge in [-0.15, -0.1) is 0 Å². The molecule has 7 nitrogen and oxygen atoms in total. The van der Waals surface area contributed by atoms with E-state index in [1.165, 1.54) is 27.8 Å². The number of hydrogen-bond acceptors (Lipinski definition) is 5. The number of anilines is 2.